The van der Waals surface area contributed by atoms with Crippen LogP contribution in [0, 0.1) is 0 Å². The van der Waals surface area contributed by atoms with E-state index < -0.39 is 5.97 Å². The molecule has 5 heteroatoms. The molecule has 4 nitrogen and oxygen atoms in total. The maximum absolute atomic E-state index is 12.1. The topological polar surface area (TPSA) is 66.4 Å². The minimum absolute atomic E-state index is 0.158. The largest absolute Gasteiger partial charge is 0.478 e. The van der Waals surface area contributed by atoms with Crippen LogP contribution >= 0.6 is 11.8 Å². The maximum Gasteiger partial charge on any atom is 0.335 e. The van der Waals surface area contributed by atoms with Gasteiger partial charge in [-0.1, -0.05) is 42.1 Å². The molecule has 1 amide bonds. The van der Waals surface area contributed by atoms with Gasteiger partial charge in [0, 0.05) is 4.90 Å². The Morgan fingerprint density at radius 3 is 2.62 bits per heavy atom. The average Bonchev–Trinajstić information content (AvgIpc) is 2.48. The van der Waals surface area contributed by atoms with Crippen molar-refractivity contribution < 1.29 is 14.7 Å². The highest BCUT2D eigenvalue weighted by Gasteiger charge is 2.22. The fourth-order valence-electron chi connectivity index (χ4n) is 1.99. The van der Waals surface area contributed by atoms with E-state index in [4.69, 9.17) is 5.11 Å². The molecule has 0 bridgehead atoms. The van der Waals surface area contributed by atoms with Crippen molar-refractivity contribution in [3.05, 3.63) is 64.6 Å². The van der Waals surface area contributed by atoms with Gasteiger partial charge in [-0.25, -0.2) is 4.79 Å². The molecule has 2 N–H and O–H groups in total. The summed E-state index contributed by atoms with van der Waals surface area (Å²) in [4.78, 5) is 24.5. The second kappa shape index (κ2) is 5.46. The number of carbonyl (C=O) groups excluding carboxylic acids is 1. The molecule has 1 aliphatic heterocycles. The molecule has 104 valence electrons. The first-order valence-corrected chi connectivity index (χ1v) is 7.08. The van der Waals surface area contributed by atoms with Crippen molar-refractivity contribution in [2.75, 3.05) is 5.32 Å². The number of fused-ring (bicyclic) bond motifs is 1. The van der Waals surface area contributed by atoms with E-state index in [1.807, 2.05) is 36.4 Å². The number of rotatable bonds is 2. The first kappa shape index (κ1) is 13.5. The number of nitrogens with one attached hydrogen (secondary N) is 1. The van der Waals surface area contributed by atoms with Gasteiger partial charge in [0.2, 0.25) is 0 Å². The predicted molar refractivity (Wildman–Crippen MR) is 82.3 cm³/mol. The Morgan fingerprint density at radius 1 is 1.14 bits per heavy atom. The summed E-state index contributed by atoms with van der Waals surface area (Å²) >= 11 is 1.34. The van der Waals surface area contributed by atoms with Crippen molar-refractivity contribution in [1.29, 1.82) is 0 Å². The molecule has 3 rings (SSSR count). The summed E-state index contributed by atoms with van der Waals surface area (Å²) in [6.07, 6.45) is 1.81. The van der Waals surface area contributed by atoms with E-state index in [1.54, 1.807) is 6.07 Å². The standard InChI is InChI=1S/C16H11NO3S/c18-15-14(8-10-4-2-1-3-5-10)21-13-7-6-11(16(19)20)9-12(13)17-15/h1-9H,(H,17,18)(H,19,20)/b14-8+. The number of thioether (sulfide) groups is 1. The molecule has 2 aromatic carbocycles. The third kappa shape index (κ3) is 2.83. The summed E-state index contributed by atoms with van der Waals surface area (Å²) in [5, 5.41) is 11.7. The normalized spacial score (nSPS) is 15.4. The molecule has 1 heterocycles. The summed E-state index contributed by atoms with van der Waals surface area (Å²) in [6.45, 7) is 0. The van der Waals surface area contributed by atoms with Crippen LogP contribution < -0.4 is 5.32 Å². The molecular formula is C16H11NO3S. The van der Waals surface area contributed by atoms with Gasteiger partial charge < -0.3 is 10.4 Å². The zero-order chi connectivity index (χ0) is 14.8. The van der Waals surface area contributed by atoms with Crippen molar-refractivity contribution in [1.82, 2.24) is 0 Å². The van der Waals surface area contributed by atoms with Gasteiger partial charge in [0.15, 0.2) is 0 Å². The Bertz CT molecular complexity index is 753. The van der Waals surface area contributed by atoms with Crippen molar-refractivity contribution in [3.8, 4) is 0 Å². The highest BCUT2D eigenvalue weighted by Crippen LogP contribution is 2.39. The Morgan fingerprint density at radius 2 is 1.90 bits per heavy atom. The smallest absolute Gasteiger partial charge is 0.335 e. The molecule has 21 heavy (non-hydrogen) atoms. The monoisotopic (exact) mass is 297 g/mol. The average molecular weight is 297 g/mol. The zero-order valence-corrected chi connectivity index (χ0v) is 11.7. The number of carboxylic acid groups (broad SMARTS) is 1. The molecule has 0 aromatic heterocycles. The van der Waals surface area contributed by atoms with Crippen LogP contribution in [0.2, 0.25) is 0 Å². The number of carboxylic acids is 1. The molecule has 1 aliphatic rings. The molecule has 0 saturated heterocycles. The molecular weight excluding hydrogens is 286 g/mol. The molecule has 0 saturated carbocycles. The van der Waals surface area contributed by atoms with Gasteiger partial charge in [0.1, 0.15) is 0 Å². The third-order valence-electron chi connectivity index (χ3n) is 3.02. The second-order valence-corrected chi connectivity index (χ2v) is 5.58. The Balaban J connectivity index is 1.94. The third-order valence-corrected chi connectivity index (χ3v) is 4.11. The molecule has 0 atom stereocenters. The lowest BCUT2D eigenvalue weighted by atomic mass is 10.2. The molecule has 2 aromatic rings. The highest BCUT2D eigenvalue weighted by atomic mass is 32.2. The molecule has 0 unspecified atom stereocenters. The van der Waals surface area contributed by atoms with Gasteiger partial charge in [0.25, 0.3) is 5.91 Å². The predicted octanol–water partition coefficient (Wildman–Crippen LogP) is 3.47. The lowest BCUT2D eigenvalue weighted by Crippen LogP contribution is -2.17. The van der Waals surface area contributed by atoms with Gasteiger partial charge >= 0.3 is 5.97 Å². The highest BCUT2D eigenvalue weighted by molar-refractivity contribution is 8.04. The number of amides is 1. The van der Waals surface area contributed by atoms with Crippen LogP contribution in [-0.2, 0) is 4.79 Å². The summed E-state index contributed by atoms with van der Waals surface area (Å²) in [6, 6.07) is 14.3. The fourth-order valence-corrected chi connectivity index (χ4v) is 2.93. The first-order chi connectivity index (χ1) is 10.1. The van der Waals surface area contributed by atoms with E-state index >= 15 is 0 Å². The summed E-state index contributed by atoms with van der Waals surface area (Å²) in [5.41, 5.74) is 1.64. The minimum Gasteiger partial charge on any atom is -0.478 e. The number of benzene rings is 2. The van der Waals surface area contributed by atoms with Crippen LogP contribution in [0.3, 0.4) is 0 Å². The van der Waals surface area contributed by atoms with Crippen molar-refractivity contribution in [2.24, 2.45) is 0 Å². The van der Waals surface area contributed by atoms with Crippen LogP contribution in [0.4, 0.5) is 5.69 Å². The number of carbonyl (C=O) groups is 2. The Labute approximate surface area is 125 Å². The second-order valence-electron chi connectivity index (χ2n) is 4.49. The summed E-state index contributed by atoms with van der Waals surface area (Å²) in [7, 11) is 0. The Kier molecular flexibility index (Phi) is 3.50. The first-order valence-electron chi connectivity index (χ1n) is 6.27. The lowest BCUT2D eigenvalue weighted by Gasteiger charge is -2.19. The van der Waals surface area contributed by atoms with E-state index in [2.05, 4.69) is 5.32 Å². The molecule has 0 aliphatic carbocycles. The van der Waals surface area contributed by atoms with E-state index in [-0.39, 0.29) is 11.5 Å². The molecule has 0 fully saturated rings. The lowest BCUT2D eigenvalue weighted by molar-refractivity contribution is -0.112. The van der Waals surface area contributed by atoms with Gasteiger partial charge in [-0.3, -0.25) is 4.79 Å². The van der Waals surface area contributed by atoms with Crippen LogP contribution in [0.5, 0.6) is 0 Å². The van der Waals surface area contributed by atoms with E-state index in [0.717, 1.165) is 10.5 Å². The van der Waals surface area contributed by atoms with Crippen molar-refractivity contribution >= 4 is 35.4 Å². The van der Waals surface area contributed by atoms with E-state index in [0.29, 0.717) is 10.6 Å². The zero-order valence-electron chi connectivity index (χ0n) is 10.9. The number of anilines is 1. The van der Waals surface area contributed by atoms with Crippen LogP contribution in [0.15, 0.2) is 58.3 Å². The Hall–Kier alpha value is -2.53. The van der Waals surface area contributed by atoms with Gasteiger partial charge in [-0.2, -0.15) is 0 Å². The summed E-state index contributed by atoms with van der Waals surface area (Å²) < 4.78 is 0. The molecule has 0 spiro atoms. The maximum atomic E-state index is 12.1. The molecule has 0 radical (unpaired) electrons. The quantitative estimate of drug-likeness (QED) is 0.833. The number of hydrogen-bond donors (Lipinski definition) is 2. The fraction of sp³-hybridized carbons (Fsp3) is 0. The van der Waals surface area contributed by atoms with Gasteiger partial charge in [-0.15, -0.1) is 0 Å². The van der Waals surface area contributed by atoms with Crippen molar-refractivity contribution in [2.45, 2.75) is 4.90 Å². The van der Waals surface area contributed by atoms with Crippen molar-refractivity contribution in [3.63, 3.8) is 0 Å². The van der Waals surface area contributed by atoms with E-state index in [9.17, 15) is 9.59 Å². The van der Waals surface area contributed by atoms with Gasteiger partial charge in [0.05, 0.1) is 16.2 Å². The van der Waals surface area contributed by atoms with Gasteiger partial charge in [-0.05, 0) is 29.8 Å². The van der Waals surface area contributed by atoms with E-state index in [1.165, 1.54) is 23.9 Å². The number of aromatic carboxylic acids is 1. The summed E-state index contributed by atoms with van der Waals surface area (Å²) in [5.74, 6) is -1.23. The van der Waals surface area contributed by atoms with Crippen LogP contribution in [-0.4, -0.2) is 17.0 Å². The SMILES string of the molecule is O=C1Nc2cc(C(=O)O)ccc2S/C1=C/c1ccccc1. The minimum atomic E-state index is -1.01. The van der Waals surface area contributed by atoms with Crippen LogP contribution in [0.25, 0.3) is 6.08 Å². The number of hydrogen-bond acceptors (Lipinski definition) is 3. The van der Waals surface area contributed by atoms with Crippen LogP contribution in [0.1, 0.15) is 15.9 Å².